The van der Waals surface area contributed by atoms with E-state index >= 15 is 0 Å². The highest BCUT2D eigenvalue weighted by Gasteiger charge is 2.97. The molecule has 128 valence electrons. The van der Waals surface area contributed by atoms with Gasteiger partial charge in [-0.1, -0.05) is 13.8 Å². The van der Waals surface area contributed by atoms with E-state index in [0.29, 0.717) is 6.42 Å². The zero-order chi connectivity index (χ0) is 16.6. The molecule has 0 amide bonds. The molecule has 0 aromatic rings. The Kier molecular flexibility index (Phi) is 2.07. The molecule has 2 aliphatic carbocycles. The van der Waals surface area contributed by atoms with Crippen molar-refractivity contribution in [3.8, 4) is 0 Å². The minimum atomic E-state index is -1.03. The van der Waals surface area contributed by atoms with E-state index in [4.69, 9.17) is 18.9 Å². The Bertz CT molecular complexity index is 716. The van der Waals surface area contributed by atoms with Crippen LogP contribution in [-0.4, -0.2) is 48.4 Å². The van der Waals surface area contributed by atoms with E-state index in [1.54, 1.807) is 6.92 Å². The van der Waals surface area contributed by atoms with Gasteiger partial charge in [0.05, 0.1) is 0 Å². The van der Waals surface area contributed by atoms with Crippen LogP contribution < -0.4 is 0 Å². The van der Waals surface area contributed by atoms with Gasteiger partial charge in [-0.2, -0.15) is 0 Å². The van der Waals surface area contributed by atoms with Crippen molar-refractivity contribution in [1.29, 1.82) is 0 Å². The molecule has 0 N–H and O–H groups in total. The van der Waals surface area contributed by atoms with Crippen LogP contribution >= 0.6 is 0 Å². The van der Waals surface area contributed by atoms with Crippen LogP contribution in [0.4, 0.5) is 0 Å². The van der Waals surface area contributed by atoms with Crippen molar-refractivity contribution in [3.05, 3.63) is 0 Å². The van der Waals surface area contributed by atoms with Crippen LogP contribution in [0.3, 0.4) is 0 Å². The Balaban J connectivity index is 1.58. The molecule has 0 aromatic carbocycles. The molecule has 10 atom stereocenters. The fourth-order valence-corrected chi connectivity index (χ4v) is 7.28. The van der Waals surface area contributed by atoms with Crippen molar-refractivity contribution < 1.29 is 33.3 Å². The third kappa shape index (κ3) is 0.957. The molecular weight excluding hydrogens is 316 g/mol. The zero-order valence-electron chi connectivity index (χ0n) is 13.4. The highest BCUT2D eigenvalue weighted by atomic mass is 16.7. The van der Waals surface area contributed by atoms with Crippen LogP contribution in [0.2, 0.25) is 0 Å². The van der Waals surface area contributed by atoms with Gasteiger partial charge < -0.3 is 18.9 Å². The molecule has 4 aliphatic heterocycles. The van der Waals surface area contributed by atoms with E-state index in [-0.39, 0.29) is 48.2 Å². The molecule has 6 aliphatic rings. The Hall–Kier alpha value is -1.63. The molecule has 4 saturated heterocycles. The molecule has 24 heavy (non-hydrogen) atoms. The fourth-order valence-electron chi connectivity index (χ4n) is 7.28. The average molecular weight is 334 g/mol. The van der Waals surface area contributed by atoms with Gasteiger partial charge >= 0.3 is 17.9 Å². The van der Waals surface area contributed by atoms with Crippen molar-refractivity contribution in [3.63, 3.8) is 0 Å². The number of fused-ring (bicyclic) bond motifs is 2. The second-order valence-corrected chi connectivity index (χ2v) is 8.06. The third-order valence-corrected chi connectivity index (χ3v) is 7.73. The molecule has 2 spiro atoms. The summed E-state index contributed by atoms with van der Waals surface area (Å²) in [5, 5.41) is 0. The topological polar surface area (TPSA) is 88.1 Å². The molecule has 6 rings (SSSR count). The van der Waals surface area contributed by atoms with Gasteiger partial charge in [0.2, 0.25) is 0 Å². The Morgan fingerprint density at radius 3 is 2.71 bits per heavy atom. The van der Waals surface area contributed by atoms with E-state index < -0.39 is 35.2 Å². The van der Waals surface area contributed by atoms with Gasteiger partial charge in [0.15, 0.2) is 12.2 Å². The van der Waals surface area contributed by atoms with Crippen LogP contribution in [0.15, 0.2) is 0 Å². The second kappa shape index (κ2) is 3.64. The molecule has 10 unspecified atom stereocenters. The zero-order valence-corrected chi connectivity index (χ0v) is 13.4. The van der Waals surface area contributed by atoms with Crippen molar-refractivity contribution in [1.82, 2.24) is 0 Å². The lowest BCUT2D eigenvalue weighted by atomic mass is 9.50. The molecule has 2 saturated carbocycles. The monoisotopic (exact) mass is 334 g/mol. The van der Waals surface area contributed by atoms with Gasteiger partial charge in [-0.3, -0.25) is 14.4 Å². The minimum absolute atomic E-state index is 0.0364. The fraction of sp³-hybridized carbons (Fsp3) is 0.824. The van der Waals surface area contributed by atoms with E-state index in [2.05, 4.69) is 6.92 Å². The van der Waals surface area contributed by atoms with Crippen LogP contribution in [-0.2, 0) is 33.3 Å². The number of carbonyl (C=O) groups is 3. The van der Waals surface area contributed by atoms with Gasteiger partial charge in [0.25, 0.3) is 0 Å². The molecule has 6 fully saturated rings. The third-order valence-electron chi connectivity index (χ3n) is 7.73. The predicted octanol–water partition coefficient (Wildman–Crippen LogP) is 0.199. The molecule has 0 radical (unpaired) electrons. The lowest BCUT2D eigenvalue weighted by Crippen LogP contribution is -2.62. The standard InChI is InChI=1S/C17H18O7/c1-3-8(18)22-10-11-12-16(14(19)23-11)6-4-7-9(5(6)2)17(16,13(10)24-12)15(20)21-7/h5-7,9-13H,3-4H2,1-2H3. The lowest BCUT2D eigenvalue weighted by molar-refractivity contribution is -0.167. The van der Waals surface area contributed by atoms with Gasteiger partial charge in [-0.25, -0.2) is 0 Å². The average Bonchev–Trinajstić information content (AvgIpc) is 3.28. The smallest absolute Gasteiger partial charge is 0.316 e. The van der Waals surface area contributed by atoms with Crippen molar-refractivity contribution >= 4 is 17.9 Å². The van der Waals surface area contributed by atoms with Gasteiger partial charge in [0.1, 0.15) is 29.1 Å². The van der Waals surface area contributed by atoms with E-state index in [1.807, 2.05) is 0 Å². The first-order valence-corrected chi connectivity index (χ1v) is 8.76. The lowest BCUT2D eigenvalue weighted by Gasteiger charge is -2.43. The summed E-state index contributed by atoms with van der Waals surface area (Å²) in [6.45, 7) is 3.80. The summed E-state index contributed by atoms with van der Waals surface area (Å²) < 4.78 is 23.0. The van der Waals surface area contributed by atoms with Crippen LogP contribution in [0.1, 0.15) is 26.7 Å². The largest absolute Gasteiger partial charge is 0.461 e. The molecule has 7 heteroatoms. The summed E-state index contributed by atoms with van der Waals surface area (Å²) in [7, 11) is 0. The van der Waals surface area contributed by atoms with Gasteiger partial charge in [-0.15, -0.1) is 0 Å². The predicted molar refractivity (Wildman–Crippen MR) is 74.2 cm³/mol. The summed E-state index contributed by atoms with van der Waals surface area (Å²) in [6.07, 6.45) is -1.67. The first kappa shape index (κ1) is 13.6. The molecule has 0 aromatic heterocycles. The minimum Gasteiger partial charge on any atom is -0.461 e. The quantitative estimate of drug-likeness (QED) is 0.526. The maximum absolute atomic E-state index is 13.0. The Morgan fingerprint density at radius 1 is 1.21 bits per heavy atom. The summed E-state index contributed by atoms with van der Waals surface area (Å²) in [5.41, 5.74) is -1.97. The SMILES string of the molecule is CCC(=O)OC1C2OC(=O)C34C5CC6OC(=O)C3(C1OC24)C6C5C. The van der Waals surface area contributed by atoms with Crippen molar-refractivity contribution in [2.45, 2.75) is 57.2 Å². The Labute approximate surface area is 137 Å². The number of rotatable bonds is 2. The first-order chi connectivity index (χ1) is 11.5. The molecule has 4 bridgehead atoms. The summed E-state index contributed by atoms with van der Waals surface area (Å²) in [4.78, 5) is 37.9. The Morgan fingerprint density at radius 2 is 1.96 bits per heavy atom. The van der Waals surface area contributed by atoms with E-state index in [0.717, 1.165) is 0 Å². The van der Waals surface area contributed by atoms with Crippen LogP contribution in [0.5, 0.6) is 0 Å². The first-order valence-electron chi connectivity index (χ1n) is 8.76. The molecule has 7 nitrogen and oxygen atoms in total. The highest BCUT2D eigenvalue weighted by molar-refractivity contribution is 5.97. The van der Waals surface area contributed by atoms with Gasteiger partial charge in [0, 0.05) is 12.3 Å². The van der Waals surface area contributed by atoms with Crippen molar-refractivity contribution in [2.24, 2.45) is 28.6 Å². The summed E-state index contributed by atoms with van der Waals surface area (Å²) >= 11 is 0. The number of carbonyl (C=O) groups excluding carboxylic acids is 3. The van der Waals surface area contributed by atoms with E-state index in [1.165, 1.54) is 0 Å². The number of ether oxygens (including phenoxy) is 4. The molecule has 4 heterocycles. The number of esters is 3. The molecular formula is C17H18O7. The highest BCUT2D eigenvalue weighted by Crippen LogP contribution is 2.83. The normalized spacial score (nSPS) is 60.4. The maximum atomic E-state index is 13.0. The van der Waals surface area contributed by atoms with Crippen molar-refractivity contribution in [2.75, 3.05) is 0 Å². The second-order valence-electron chi connectivity index (χ2n) is 8.06. The summed E-state index contributed by atoms with van der Waals surface area (Å²) in [5.74, 6) is -0.908. The van der Waals surface area contributed by atoms with Crippen LogP contribution in [0, 0.1) is 28.6 Å². The number of hydrogen-bond donors (Lipinski definition) is 0. The van der Waals surface area contributed by atoms with Crippen LogP contribution in [0.25, 0.3) is 0 Å². The summed E-state index contributed by atoms with van der Waals surface area (Å²) in [6, 6.07) is 0. The van der Waals surface area contributed by atoms with Gasteiger partial charge in [-0.05, 0) is 18.3 Å². The van der Waals surface area contributed by atoms with E-state index in [9.17, 15) is 14.4 Å². The number of hydrogen-bond acceptors (Lipinski definition) is 7. The maximum Gasteiger partial charge on any atom is 0.316 e.